The summed E-state index contributed by atoms with van der Waals surface area (Å²) in [5, 5.41) is 27.7. The average Bonchev–Trinajstić information content (AvgIpc) is 3.63. The van der Waals surface area contributed by atoms with Crippen LogP contribution in [-0.2, 0) is 27.5 Å². The number of aromatic nitrogens is 2. The molecular weight excluding hydrogens is 588 g/mol. The van der Waals surface area contributed by atoms with Crippen LogP contribution in [0, 0.1) is 20.2 Å². The molecule has 1 saturated heterocycles. The molecule has 226 valence electrons. The molecule has 4 rings (SSSR count). The zero-order valence-corrected chi connectivity index (χ0v) is 23.7. The van der Waals surface area contributed by atoms with Crippen LogP contribution in [0.2, 0.25) is 0 Å². The number of nitrogens with one attached hydrogen (secondary N) is 1. The van der Waals surface area contributed by atoms with Gasteiger partial charge in [0.05, 0.1) is 15.9 Å². The van der Waals surface area contributed by atoms with E-state index in [9.17, 15) is 34.6 Å². The van der Waals surface area contributed by atoms with Gasteiger partial charge in [-0.2, -0.15) is 4.98 Å². The number of ether oxygens (including phenoxy) is 2. The molecule has 0 saturated carbocycles. The van der Waals surface area contributed by atoms with Gasteiger partial charge >= 0.3 is 12.2 Å². The molecular formula is C26H26N6O10S. The number of benzene rings is 2. The highest BCUT2D eigenvalue weighted by molar-refractivity contribution is 8.14. The number of carbonyl (C=O) groups excluding carboxylic acids is 3. The van der Waals surface area contributed by atoms with E-state index in [0.29, 0.717) is 17.5 Å². The van der Waals surface area contributed by atoms with Crippen molar-refractivity contribution in [3.8, 4) is 0 Å². The second kappa shape index (κ2) is 13.7. The second-order valence-corrected chi connectivity index (χ2v) is 10.9. The highest BCUT2D eigenvalue weighted by atomic mass is 32.2. The standard InChI is InChI=1S/C26H26N6O10S/c1-15(27-25(34)40-13-17-3-7-19(8-4-17)31(36)37)23-28-24(42-29-23)22-11-21(43-16(2)33)12-30(22)26(35)41-14-18-5-9-20(10-6-18)32(38)39/h3-10,15,21-22H,11-14H2,1-2H3,(H,27,34)/t15?,21-,22-/m0/s1. The third-order valence-electron chi connectivity index (χ3n) is 6.32. The molecule has 2 heterocycles. The number of thioether (sulfide) groups is 1. The Morgan fingerprint density at radius 2 is 1.58 bits per heavy atom. The van der Waals surface area contributed by atoms with Gasteiger partial charge in [0.15, 0.2) is 10.9 Å². The van der Waals surface area contributed by atoms with Crippen LogP contribution < -0.4 is 5.32 Å². The van der Waals surface area contributed by atoms with Crippen molar-refractivity contribution < 1.29 is 38.2 Å². The molecule has 16 nitrogen and oxygen atoms in total. The first-order chi connectivity index (χ1) is 20.5. The highest BCUT2D eigenvalue weighted by Gasteiger charge is 2.41. The molecule has 1 unspecified atom stereocenters. The van der Waals surface area contributed by atoms with E-state index in [1.165, 1.54) is 60.4 Å². The van der Waals surface area contributed by atoms with Crippen LogP contribution in [0.15, 0.2) is 53.1 Å². The molecule has 1 aromatic heterocycles. The predicted octanol–water partition coefficient (Wildman–Crippen LogP) is 4.61. The van der Waals surface area contributed by atoms with Crippen LogP contribution in [0.4, 0.5) is 21.0 Å². The molecule has 17 heteroatoms. The van der Waals surface area contributed by atoms with Crippen molar-refractivity contribution >= 4 is 40.4 Å². The SMILES string of the molecule is CC(=O)S[C@H]1C[C@@H](c2nc(C(C)NC(=O)OCc3ccc([N+](=O)[O-])cc3)no2)N(C(=O)OCc2ccc([N+](=O)[O-])cc2)C1. The molecule has 0 radical (unpaired) electrons. The minimum atomic E-state index is -0.785. The molecule has 1 N–H and O–H groups in total. The van der Waals surface area contributed by atoms with Gasteiger partial charge in [-0.3, -0.25) is 29.9 Å². The zero-order chi connectivity index (χ0) is 31.1. The van der Waals surface area contributed by atoms with E-state index in [0.717, 1.165) is 11.8 Å². The number of carbonyl (C=O) groups is 3. The number of rotatable bonds is 10. The Hall–Kier alpha value is -5.06. The van der Waals surface area contributed by atoms with Crippen LogP contribution in [0.5, 0.6) is 0 Å². The van der Waals surface area contributed by atoms with Crippen LogP contribution in [0.3, 0.4) is 0 Å². The fourth-order valence-electron chi connectivity index (χ4n) is 4.20. The number of nitro benzene ring substituents is 2. The summed E-state index contributed by atoms with van der Waals surface area (Å²) in [6.45, 7) is 2.94. The number of hydrogen-bond donors (Lipinski definition) is 1. The van der Waals surface area contributed by atoms with Gasteiger partial charge in [-0.25, -0.2) is 9.59 Å². The number of non-ortho nitro benzene ring substituents is 2. The smallest absolute Gasteiger partial charge is 0.410 e. The van der Waals surface area contributed by atoms with Gasteiger partial charge in [0.25, 0.3) is 11.4 Å². The average molecular weight is 615 g/mol. The van der Waals surface area contributed by atoms with Crippen LogP contribution >= 0.6 is 11.8 Å². The van der Waals surface area contributed by atoms with Gasteiger partial charge < -0.3 is 19.3 Å². The van der Waals surface area contributed by atoms with Crippen molar-refractivity contribution in [2.24, 2.45) is 0 Å². The zero-order valence-electron chi connectivity index (χ0n) is 22.9. The van der Waals surface area contributed by atoms with Gasteiger partial charge in [-0.15, -0.1) is 0 Å². The number of likely N-dealkylation sites (tertiary alicyclic amines) is 1. The van der Waals surface area contributed by atoms with Crippen molar-refractivity contribution in [1.82, 2.24) is 20.4 Å². The van der Waals surface area contributed by atoms with Crippen molar-refractivity contribution in [2.45, 2.75) is 50.8 Å². The Bertz CT molecular complexity index is 1500. The van der Waals surface area contributed by atoms with Crippen LogP contribution in [-0.4, -0.2) is 54.0 Å². The van der Waals surface area contributed by atoms with E-state index < -0.39 is 34.1 Å². The third kappa shape index (κ3) is 8.25. The summed E-state index contributed by atoms with van der Waals surface area (Å²) in [6, 6.07) is 9.69. The number of amides is 2. The largest absolute Gasteiger partial charge is 0.445 e. The Morgan fingerprint density at radius 1 is 1.02 bits per heavy atom. The second-order valence-electron chi connectivity index (χ2n) is 9.47. The highest BCUT2D eigenvalue weighted by Crippen LogP contribution is 2.38. The molecule has 3 atom stereocenters. The third-order valence-corrected chi connectivity index (χ3v) is 7.33. The molecule has 3 aromatic rings. The van der Waals surface area contributed by atoms with Crippen molar-refractivity contribution in [2.75, 3.05) is 6.54 Å². The first kappa shape index (κ1) is 30.9. The van der Waals surface area contributed by atoms with Gasteiger partial charge in [-0.1, -0.05) is 16.9 Å². The van der Waals surface area contributed by atoms with Gasteiger partial charge in [0.2, 0.25) is 5.89 Å². The summed E-state index contributed by atoms with van der Waals surface area (Å²) < 4.78 is 16.0. The molecule has 1 aliphatic heterocycles. The molecule has 1 aliphatic rings. The molecule has 2 amide bonds. The van der Waals surface area contributed by atoms with Gasteiger partial charge in [-0.05, 0) is 48.7 Å². The number of nitro groups is 2. The summed E-state index contributed by atoms with van der Waals surface area (Å²) in [4.78, 5) is 63.4. The van der Waals surface area contributed by atoms with E-state index in [-0.39, 0.29) is 53.2 Å². The summed E-state index contributed by atoms with van der Waals surface area (Å²) in [5.41, 5.74) is 0.923. The van der Waals surface area contributed by atoms with Gasteiger partial charge in [0, 0.05) is 43.0 Å². The maximum Gasteiger partial charge on any atom is 0.410 e. The number of nitrogens with zero attached hydrogens (tertiary/aromatic N) is 5. The minimum Gasteiger partial charge on any atom is -0.445 e. The molecule has 0 spiro atoms. The lowest BCUT2D eigenvalue weighted by Crippen LogP contribution is -2.32. The van der Waals surface area contributed by atoms with Crippen LogP contribution in [0.1, 0.15) is 55.2 Å². The Morgan fingerprint density at radius 3 is 2.12 bits per heavy atom. The molecule has 43 heavy (non-hydrogen) atoms. The predicted molar refractivity (Wildman–Crippen MR) is 149 cm³/mol. The summed E-state index contributed by atoms with van der Waals surface area (Å²) in [7, 11) is 0. The Kier molecular flexibility index (Phi) is 9.87. The Balaban J connectivity index is 1.36. The van der Waals surface area contributed by atoms with Gasteiger partial charge in [0.1, 0.15) is 19.3 Å². The summed E-state index contributed by atoms with van der Waals surface area (Å²) >= 11 is 1.08. The van der Waals surface area contributed by atoms with Crippen molar-refractivity contribution in [3.63, 3.8) is 0 Å². The quantitative estimate of drug-likeness (QED) is 0.245. The lowest BCUT2D eigenvalue weighted by Gasteiger charge is -2.21. The van der Waals surface area contributed by atoms with E-state index in [4.69, 9.17) is 14.0 Å². The fourth-order valence-corrected chi connectivity index (χ4v) is 5.18. The first-order valence-electron chi connectivity index (χ1n) is 12.8. The number of hydrogen-bond acceptors (Lipinski definition) is 13. The fraction of sp³-hybridized carbons (Fsp3) is 0.346. The lowest BCUT2D eigenvalue weighted by atomic mass is 10.2. The Labute approximate surface area is 248 Å². The maximum absolute atomic E-state index is 13.0. The maximum atomic E-state index is 13.0. The van der Waals surface area contributed by atoms with Crippen LogP contribution in [0.25, 0.3) is 0 Å². The summed E-state index contributed by atoms with van der Waals surface area (Å²) in [5.74, 6) is 0.200. The van der Waals surface area contributed by atoms with E-state index in [1.807, 2.05) is 0 Å². The lowest BCUT2D eigenvalue weighted by molar-refractivity contribution is -0.385. The van der Waals surface area contributed by atoms with Crippen molar-refractivity contribution in [1.29, 1.82) is 0 Å². The normalized spacial score (nSPS) is 16.7. The minimum absolute atomic E-state index is 0.0838. The van der Waals surface area contributed by atoms with Crippen molar-refractivity contribution in [3.05, 3.63) is 91.6 Å². The molecule has 0 aliphatic carbocycles. The first-order valence-corrected chi connectivity index (χ1v) is 13.7. The molecule has 1 fully saturated rings. The monoisotopic (exact) mass is 614 g/mol. The summed E-state index contributed by atoms with van der Waals surface area (Å²) in [6.07, 6.45) is -1.15. The molecule has 2 aromatic carbocycles. The van der Waals surface area contributed by atoms with E-state index in [1.54, 1.807) is 6.92 Å². The van der Waals surface area contributed by atoms with E-state index >= 15 is 0 Å². The number of alkyl carbamates (subject to hydrolysis) is 1. The van der Waals surface area contributed by atoms with E-state index in [2.05, 4.69) is 15.5 Å². The topological polar surface area (TPSA) is 210 Å². The molecule has 0 bridgehead atoms.